The minimum atomic E-state index is -4.70. The van der Waals surface area contributed by atoms with Crippen molar-refractivity contribution in [2.45, 2.75) is 18.7 Å². The second kappa shape index (κ2) is 7.37. The summed E-state index contributed by atoms with van der Waals surface area (Å²) in [4.78, 5) is 10.9. The van der Waals surface area contributed by atoms with Gasteiger partial charge in [0.25, 0.3) is 10.1 Å². The molecule has 0 spiro atoms. The van der Waals surface area contributed by atoms with Crippen LogP contribution in [0.1, 0.15) is 12.5 Å². The number of amides is 1. The van der Waals surface area contributed by atoms with Crippen molar-refractivity contribution in [2.24, 2.45) is 10.2 Å². The minimum absolute atomic E-state index is 0.184. The third-order valence-corrected chi connectivity index (χ3v) is 4.91. The highest BCUT2D eigenvalue weighted by atomic mass is 32.2. The second-order valence-corrected chi connectivity index (χ2v) is 7.51. The summed E-state index contributed by atoms with van der Waals surface area (Å²) in [7, 11) is -4.70. The van der Waals surface area contributed by atoms with Gasteiger partial charge in [0, 0.05) is 12.3 Å². The Morgan fingerprint density at radius 1 is 1.07 bits per heavy atom. The Morgan fingerprint density at radius 2 is 1.79 bits per heavy atom. The van der Waals surface area contributed by atoms with E-state index in [1.807, 2.05) is 6.07 Å². The Labute approximate surface area is 161 Å². The van der Waals surface area contributed by atoms with E-state index in [1.165, 1.54) is 19.1 Å². The van der Waals surface area contributed by atoms with Crippen LogP contribution in [0.5, 0.6) is 5.75 Å². The molecule has 3 N–H and O–H groups in total. The molecular weight excluding hydrogens is 382 g/mol. The fourth-order valence-corrected chi connectivity index (χ4v) is 3.42. The number of aryl methyl sites for hydroxylation is 1. The van der Waals surface area contributed by atoms with E-state index < -0.39 is 26.5 Å². The molecule has 3 aromatic rings. The Bertz CT molecular complexity index is 1220. The number of phenolic OH excluding ortho intramolecular Hbond substituents is 1. The molecule has 0 aliphatic carbocycles. The molecule has 28 heavy (non-hydrogen) atoms. The maximum absolute atomic E-state index is 11.9. The molecule has 3 rings (SSSR count). The predicted octanol–water partition coefficient (Wildman–Crippen LogP) is 4.47. The van der Waals surface area contributed by atoms with Gasteiger partial charge in [0.05, 0.1) is 11.4 Å². The van der Waals surface area contributed by atoms with Crippen molar-refractivity contribution >= 4 is 43.9 Å². The molecule has 1 amide bonds. The lowest BCUT2D eigenvalue weighted by Crippen LogP contribution is -2.06. The van der Waals surface area contributed by atoms with Crippen LogP contribution in [-0.2, 0) is 14.9 Å². The first-order chi connectivity index (χ1) is 13.2. The fraction of sp³-hybridized carbons (Fsp3) is 0.105. The molecule has 0 heterocycles. The highest BCUT2D eigenvalue weighted by Gasteiger charge is 2.23. The quantitative estimate of drug-likeness (QED) is 0.440. The van der Waals surface area contributed by atoms with E-state index in [2.05, 4.69) is 15.5 Å². The fourth-order valence-electron chi connectivity index (χ4n) is 2.77. The van der Waals surface area contributed by atoms with Gasteiger partial charge in [-0.25, -0.2) is 0 Å². The van der Waals surface area contributed by atoms with Crippen LogP contribution in [-0.4, -0.2) is 24.0 Å². The maximum atomic E-state index is 11.9. The molecule has 0 radical (unpaired) electrons. The SMILES string of the molecule is CC(=O)Nc1cccc2cc(S(=O)(=O)O)c(/N=N/c3ccccc3C)c(O)c12. The van der Waals surface area contributed by atoms with Crippen LogP contribution in [0.15, 0.2) is 63.7 Å². The van der Waals surface area contributed by atoms with Gasteiger partial charge in [0.15, 0.2) is 5.75 Å². The van der Waals surface area contributed by atoms with Crippen LogP contribution in [0, 0.1) is 6.92 Å². The van der Waals surface area contributed by atoms with Crippen molar-refractivity contribution in [1.29, 1.82) is 0 Å². The number of azo groups is 1. The van der Waals surface area contributed by atoms with Gasteiger partial charge >= 0.3 is 0 Å². The first-order valence-corrected chi connectivity index (χ1v) is 9.63. The van der Waals surface area contributed by atoms with Crippen molar-refractivity contribution in [3.05, 3.63) is 54.1 Å². The lowest BCUT2D eigenvalue weighted by molar-refractivity contribution is -0.114. The molecule has 0 bridgehead atoms. The smallest absolute Gasteiger partial charge is 0.296 e. The summed E-state index contributed by atoms with van der Waals surface area (Å²) in [5.74, 6) is -0.888. The highest BCUT2D eigenvalue weighted by molar-refractivity contribution is 7.86. The van der Waals surface area contributed by atoms with Gasteiger partial charge in [-0.05, 0) is 36.1 Å². The maximum Gasteiger partial charge on any atom is 0.296 e. The van der Waals surface area contributed by atoms with Gasteiger partial charge in [-0.3, -0.25) is 9.35 Å². The number of nitrogens with zero attached hydrogens (tertiary/aromatic N) is 2. The molecule has 0 saturated carbocycles. The number of hydrogen-bond acceptors (Lipinski definition) is 6. The number of carbonyl (C=O) groups excluding carboxylic acids is 1. The van der Waals surface area contributed by atoms with Gasteiger partial charge in [-0.2, -0.15) is 13.5 Å². The monoisotopic (exact) mass is 399 g/mol. The Morgan fingerprint density at radius 3 is 2.43 bits per heavy atom. The van der Waals surface area contributed by atoms with E-state index in [9.17, 15) is 22.9 Å². The molecule has 0 unspecified atom stereocenters. The number of carbonyl (C=O) groups is 1. The van der Waals surface area contributed by atoms with E-state index in [0.717, 1.165) is 5.56 Å². The molecule has 0 aromatic heterocycles. The zero-order valence-electron chi connectivity index (χ0n) is 15.0. The van der Waals surface area contributed by atoms with Gasteiger partial charge in [0.1, 0.15) is 10.6 Å². The van der Waals surface area contributed by atoms with Crippen LogP contribution in [0.2, 0.25) is 0 Å². The molecule has 0 aliphatic rings. The van der Waals surface area contributed by atoms with E-state index >= 15 is 0 Å². The van der Waals surface area contributed by atoms with Gasteiger partial charge in [0.2, 0.25) is 5.91 Å². The van der Waals surface area contributed by atoms with Crippen molar-refractivity contribution < 1.29 is 22.9 Å². The van der Waals surface area contributed by atoms with E-state index in [4.69, 9.17) is 0 Å². The van der Waals surface area contributed by atoms with E-state index in [0.29, 0.717) is 11.1 Å². The van der Waals surface area contributed by atoms with Crippen LogP contribution in [0.25, 0.3) is 10.8 Å². The van der Waals surface area contributed by atoms with Gasteiger partial charge in [-0.15, -0.1) is 5.11 Å². The van der Waals surface area contributed by atoms with Crippen molar-refractivity contribution in [2.75, 3.05) is 5.32 Å². The number of benzene rings is 3. The first-order valence-electron chi connectivity index (χ1n) is 8.19. The van der Waals surface area contributed by atoms with Gasteiger partial charge < -0.3 is 10.4 Å². The molecule has 9 heteroatoms. The molecule has 3 aromatic carbocycles. The summed E-state index contributed by atoms with van der Waals surface area (Å²) < 4.78 is 33.3. The third-order valence-electron chi connectivity index (χ3n) is 4.04. The summed E-state index contributed by atoms with van der Waals surface area (Å²) in [5, 5.41) is 21.7. The van der Waals surface area contributed by atoms with Crippen molar-refractivity contribution in [1.82, 2.24) is 0 Å². The summed E-state index contributed by atoms with van der Waals surface area (Å²) in [6.45, 7) is 3.11. The van der Waals surface area contributed by atoms with Crippen LogP contribution in [0.3, 0.4) is 0 Å². The zero-order chi connectivity index (χ0) is 20.5. The Balaban J connectivity index is 2.31. The molecule has 144 valence electrons. The predicted molar refractivity (Wildman–Crippen MR) is 105 cm³/mol. The summed E-state index contributed by atoms with van der Waals surface area (Å²) in [5.41, 5.74) is 1.12. The van der Waals surface area contributed by atoms with Crippen molar-refractivity contribution in [3.8, 4) is 5.75 Å². The number of rotatable bonds is 4. The average Bonchev–Trinajstić information content (AvgIpc) is 2.60. The summed E-state index contributed by atoms with van der Waals surface area (Å²) in [6.07, 6.45) is 0. The van der Waals surface area contributed by atoms with Gasteiger partial charge in [-0.1, -0.05) is 30.3 Å². The first kappa shape index (κ1) is 19.5. The number of anilines is 1. The van der Waals surface area contributed by atoms with E-state index in [1.54, 1.807) is 37.3 Å². The molecular formula is C19H17N3O5S. The van der Waals surface area contributed by atoms with Crippen LogP contribution < -0.4 is 5.32 Å². The van der Waals surface area contributed by atoms with Crippen molar-refractivity contribution in [3.63, 3.8) is 0 Å². The number of phenols is 1. The Kier molecular flexibility index (Phi) is 5.12. The number of hydrogen-bond donors (Lipinski definition) is 3. The standard InChI is InChI=1S/C19H17N3O5S/c1-11-6-3-4-8-14(11)21-22-18-16(28(25,26)27)10-13-7-5-9-15(20-12(2)23)17(13)19(18)24/h3-10,24H,1-2H3,(H,20,23)(H,25,26,27)/b22-21+. The number of fused-ring (bicyclic) bond motifs is 1. The molecule has 8 nitrogen and oxygen atoms in total. The number of nitrogens with one attached hydrogen (secondary N) is 1. The van der Waals surface area contributed by atoms with Crippen LogP contribution >= 0.6 is 0 Å². The largest absolute Gasteiger partial charge is 0.505 e. The molecule has 0 aliphatic heterocycles. The lowest BCUT2D eigenvalue weighted by atomic mass is 10.1. The summed E-state index contributed by atoms with van der Waals surface area (Å²) >= 11 is 0. The summed E-state index contributed by atoms with van der Waals surface area (Å²) in [6, 6.07) is 12.9. The third kappa shape index (κ3) is 3.85. The lowest BCUT2D eigenvalue weighted by Gasteiger charge is -2.12. The topological polar surface area (TPSA) is 128 Å². The zero-order valence-corrected chi connectivity index (χ0v) is 15.9. The normalized spacial score (nSPS) is 11.8. The molecule has 0 fully saturated rings. The highest BCUT2D eigenvalue weighted by Crippen LogP contribution is 2.44. The molecule has 0 saturated heterocycles. The van der Waals surface area contributed by atoms with E-state index in [-0.39, 0.29) is 17.0 Å². The molecule has 0 atom stereocenters. The number of aromatic hydroxyl groups is 1. The average molecular weight is 399 g/mol. The minimum Gasteiger partial charge on any atom is -0.505 e. The Hall–Kier alpha value is -3.30. The van der Waals surface area contributed by atoms with Crippen LogP contribution in [0.4, 0.5) is 17.1 Å². The second-order valence-electron chi connectivity index (χ2n) is 6.12.